The number of rotatable bonds is 6. The summed E-state index contributed by atoms with van der Waals surface area (Å²) in [5.74, 6) is -2.83. The zero-order valence-corrected chi connectivity index (χ0v) is 14.5. The number of hydrogen-bond donors (Lipinski definition) is 2. The quantitative estimate of drug-likeness (QED) is 0.797. The Morgan fingerprint density at radius 2 is 1.92 bits per heavy atom. The molecule has 2 rings (SSSR count). The third-order valence-electron chi connectivity index (χ3n) is 4.67. The summed E-state index contributed by atoms with van der Waals surface area (Å²) in [4.78, 5) is 24.2. The number of halogens is 1. The molecule has 2 unspecified atom stereocenters. The van der Waals surface area contributed by atoms with E-state index < -0.39 is 23.3 Å². The number of benzene rings is 1. The fourth-order valence-electron chi connectivity index (χ4n) is 3.47. The lowest BCUT2D eigenvalue weighted by Crippen LogP contribution is -2.45. The summed E-state index contributed by atoms with van der Waals surface area (Å²) in [5.41, 5.74) is -0.288. The van der Waals surface area contributed by atoms with Crippen LogP contribution in [0.1, 0.15) is 38.7 Å². The number of allylic oxidation sites excluding steroid dienone is 2. The minimum Gasteiger partial charge on any atom is -0.480 e. The lowest BCUT2D eigenvalue weighted by molar-refractivity contribution is -0.144. The van der Waals surface area contributed by atoms with E-state index in [4.69, 9.17) is 11.6 Å². The van der Waals surface area contributed by atoms with Gasteiger partial charge in [-0.3, -0.25) is 4.79 Å². The molecular formula is C19H21ClO4. The molecule has 0 saturated carbocycles. The minimum absolute atomic E-state index is 0.160. The highest BCUT2D eigenvalue weighted by atomic mass is 35.5. The van der Waals surface area contributed by atoms with Gasteiger partial charge in [0.1, 0.15) is 5.41 Å². The average Bonchev–Trinajstić information content (AvgIpc) is 2.53. The second-order valence-corrected chi connectivity index (χ2v) is 6.49. The largest absolute Gasteiger partial charge is 0.480 e. The van der Waals surface area contributed by atoms with Gasteiger partial charge in [0.15, 0.2) is 0 Å². The molecule has 2 atom stereocenters. The van der Waals surface area contributed by atoms with Crippen LogP contribution in [0.2, 0.25) is 5.02 Å². The van der Waals surface area contributed by atoms with Crippen molar-refractivity contribution < 1.29 is 19.8 Å². The number of carboxylic acid groups (broad SMARTS) is 2. The first-order valence-corrected chi connectivity index (χ1v) is 8.35. The van der Waals surface area contributed by atoms with Gasteiger partial charge in [0.2, 0.25) is 0 Å². The summed E-state index contributed by atoms with van der Waals surface area (Å²) >= 11 is 6.29. The molecule has 128 valence electrons. The van der Waals surface area contributed by atoms with E-state index in [9.17, 15) is 19.8 Å². The third kappa shape index (κ3) is 2.98. The standard InChI is InChI=1S/C19H21ClO4/c1-3-4-7-14-16(17(21)22)12(2)10-11-19(14,18(23)24)13-8-5-6-9-15(13)20/h5-6,8-11,14H,3-4,7H2,1-2H3,(H,21,22)(H,23,24). The number of unbranched alkanes of at least 4 members (excludes halogenated alkanes) is 1. The van der Waals surface area contributed by atoms with Crippen LogP contribution in [0.3, 0.4) is 0 Å². The Morgan fingerprint density at radius 3 is 2.46 bits per heavy atom. The van der Waals surface area contributed by atoms with Crippen molar-refractivity contribution >= 4 is 23.5 Å². The molecule has 0 saturated heterocycles. The topological polar surface area (TPSA) is 74.6 Å². The molecule has 1 aliphatic rings. The highest BCUT2D eigenvalue weighted by Crippen LogP contribution is 2.47. The van der Waals surface area contributed by atoms with Gasteiger partial charge in [-0.2, -0.15) is 0 Å². The van der Waals surface area contributed by atoms with Crippen LogP contribution in [0.5, 0.6) is 0 Å². The highest BCUT2D eigenvalue weighted by molar-refractivity contribution is 6.31. The number of hydrogen-bond acceptors (Lipinski definition) is 2. The predicted octanol–water partition coefficient (Wildman–Crippen LogP) is 4.44. The molecule has 4 nitrogen and oxygen atoms in total. The average molecular weight is 349 g/mol. The summed E-state index contributed by atoms with van der Waals surface area (Å²) in [7, 11) is 0. The molecule has 0 bridgehead atoms. The fourth-order valence-corrected chi connectivity index (χ4v) is 3.76. The molecule has 1 aromatic carbocycles. The smallest absolute Gasteiger partial charge is 0.332 e. The minimum atomic E-state index is -1.47. The zero-order valence-electron chi connectivity index (χ0n) is 13.8. The molecular weight excluding hydrogens is 328 g/mol. The van der Waals surface area contributed by atoms with E-state index in [0.29, 0.717) is 22.6 Å². The Bertz CT molecular complexity index is 720. The molecule has 2 N–H and O–H groups in total. The Kier molecular flexibility index (Phi) is 5.50. The van der Waals surface area contributed by atoms with E-state index in [1.54, 1.807) is 43.3 Å². The van der Waals surface area contributed by atoms with Crippen molar-refractivity contribution in [1.29, 1.82) is 0 Å². The summed E-state index contributed by atoms with van der Waals surface area (Å²) < 4.78 is 0. The van der Waals surface area contributed by atoms with Crippen LogP contribution in [-0.2, 0) is 15.0 Å². The van der Waals surface area contributed by atoms with Crippen molar-refractivity contribution in [3.63, 3.8) is 0 Å². The summed E-state index contributed by atoms with van der Waals surface area (Å²) in [6.07, 6.45) is 5.24. The molecule has 1 aliphatic carbocycles. The van der Waals surface area contributed by atoms with Crippen LogP contribution < -0.4 is 0 Å². The van der Waals surface area contributed by atoms with Crippen LogP contribution in [0.15, 0.2) is 47.6 Å². The van der Waals surface area contributed by atoms with E-state index >= 15 is 0 Å². The zero-order chi connectivity index (χ0) is 17.9. The van der Waals surface area contributed by atoms with Gasteiger partial charge >= 0.3 is 11.9 Å². The van der Waals surface area contributed by atoms with Gasteiger partial charge in [-0.15, -0.1) is 0 Å². The number of carbonyl (C=O) groups is 2. The van der Waals surface area contributed by atoms with Crippen molar-refractivity contribution in [2.24, 2.45) is 5.92 Å². The first kappa shape index (κ1) is 18.3. The van der Waals surface area contributed by atoms with E-state index in [1.165, 1.54) is 0 Å². The van der Waals surface area contributed by atoms with Crippen LogP contribution in [-0.4, -0.2) is 22.2 Å². The molecule has 1 aromatic rings. The van der Waals surface area contributed by atoms with Crippen LogP contribution in [0.25, 0.3) is 0 Å². The maximum atomic E-state index is 12.4. The van der Waals surface area contributed by atoms with Gasteiger partial charge in [-0.05, 0) is 30.5 Å². The highest BCUT2D eigenvalue weighted by Gasteiger charge is 2.50. The predicted molar refractivity (Wildman–Crippen MR) is 93.3 cm³/mol. The molecule has 24 heavy (non-hydrogen) atoms. The molecule has 5 heteroatoms. The van der Waals surface area contributed by atoms with Gasteiger partial charge in [-0.1, -0.05) is 61.7 Å². The summed E-state index contributed by atoms with van der Waals surface area (Å²) in [5, 5.41) is 20.1. The molecule has 0 aromatic heterocycles. The molecule has 0 amide bonds. The molecule has 0 spiro atoms. The van der Waals surface area contributed by atoms with Crippen molar-refractivity contribution in [2.75, 3.05) is 0 Å². The van der Waals surface area contributed by atoms with Crippen molar-refractivity contribution in [1.82, 2.24) is 0 Å². The third-order valence-corrected chi connectivity index (χ3v) is 5.00. The van der Waals surface area contributed by atoms with Crippen molar-refractivity contribution in [3.8, 4) is 0 Å². The Balaban J connectivity index is 2.74. The first-order chi connectivity index (χ1) is 11.4. The van der Waals surface area contributed by atoms with Gasteiger partial charge in [0.05, 0.1) is 0 Å². The Hall–Kier alpha value is -2.07. The Labute approximate surface area is 146 Å². The van der Waals surface area contributed by atoms with Crippen LogP contribution in [0, 0.1) is 5.92 Å². The van der Waals surface area contributed by atoms with E-state index in [1.807, 2.05) is 6.92 Å². The second kappa shape index (κ2) is 7.22. The van der Waals surface area contributed by atoms with Crippen molar-refractivity contribution in [3.05, 3.63) is 58.1 Å². The summed E-state index contributed by atoms with van der Waals surface area (Å²) in [6.45, 7) is 3.70. The normalized spacial score (nSPS) is 23.4. The second-order valence-electron chi connectivity index (χ2n) is 6.08. The van der Waals surface area contributed by atoms with E-state index in [2.05, 4.69) is 0 Å². The van der Waals surface area contributed by atoms with Gasteiger partial charge in [0.25, 0.3) is 0 Å². The van der Waals surface area contributed by atoms with E-state index in [-0.39, 0.29) is 5.57 Å². The first-order valence-electron chi connectivity index (χ1n) is 7.98. The number of aliphatic carboxylic acids is 2. The maximum Gasteiger partial charge on any atom is 0.332 e. The van der Waals surface area contributed by atoms with Gasteiger partial charge < -0.3 is 10.2 Å². The lowest BCUT2D eigenvalue weighted by atomic mass is 9.62. The maximum absolute atomic E-state index is 12.4. The lowest BCUT2D eigenvalue weighted by Gasteiger charge is -2.39. The fraction of sp³-hybridized carbons (Fsp3) is 0.368. The molecule has 0 heterocycles. The number of carboxylic acids is 2. The molecule has 0 aliphatic heterocycles. The SMILES string of the molecule is CCCCC1C(C(=O)O)=C(C)C=CC1(C(=O)O)c1ccccc1Cl. The van der Waals surface area contributed by atoms with Crippen LogP contribution in [0.4, 0.5) is 0 Å². The van der Waals surface area contributed by atoms with Crippen molar-refractivity contribution in [2.45, 2.75) is 38.5 Å². The Morgan fingerprint density at radius 1 is 1.25 bits per heavy atom. The molecule has 0 radical (unpaired) electrons. The monoisotopic (exact) mass is 348 g/mol. The van der Waals surface area contributed by atoms with E-state index in [0.717, 1.165) is 12.8 Å². The van der Waals surface area contributed by atoms with Gasteiger partial charge in [0, 0.05) is 16.5 Å². The van der Waals surface area contributed by atoms with Gasteiger partial charge in [-0.25, -0.2) is 4.79 Å². The summed E-state index contributed by atoms with van der Waals surface area (Å²) in [6, 6.07) is 6.76. The molecule has 0 fully saturated rings. The van der Waals surface area contributed by atoms with Crippen LogP contribution >= 0.6 is 11.6 Å².